The van der Waals surface area contributed by atoms with E-state index in [0.29, 0.717) is 24.9 Å². The van der Waals surface area contributed by atoms with Gasteiger partial charge in [0.25, 0.3) is 0 Å². The van der Waals surface area contributed by atoms with Crippen LogP contribution in [0.15, 0.2) is 12.1 Å². The fourth-order valence-electron chi connectivity index (χ4n) is 2.78. The summed E-state index contributed by atoms with van der Waals surface area (Å²) in [6.07, 6.45) is 1.50. The maximum atomic E-state index is 14.4. The Morgan fingerprint density at radius 3 is 2.12 bits per heavy atom. The number of carbonyl (C=O) groups excluding carboxylic acids is 1. The van der Waals surface area contributed by atoms with Crippen LogP contribution in [0.4, 0.5) is 8.78 Å². The summed E-state index contributed by atoms with van der Waals surface area (Å²) >= 11 is 0. The van der Waals surface area contributed by atoms with Crippen molar-refractivity contribution in [3.05, 3.63) is 29.3 Å². The second-order valence-electron chi connectivity index (χ2n) is 7.56. The number of ether oxygens (including phenoxy) is 1. The van der Waals surface area contributed by atoms with E-state index < -0.39 is 30.0 Å². The minimum absolute atomic E-state index is 0.0223. The summed E-state index contributed by atoms with van der Waals surface area (Å²) in [7, 11) is -0.804. The first kappa shape index (κ1) is 20.8. The lowest BCUT2D eigenvalue weighted by Crippen LogP contribution is -2.41. The van der Waals surface area contributed by atoms with Gasteiger partial charge < -0.3 is 14.0 Å². The van der Waals surface area contributed by atoms with Crippen LogP contribution in [0.1, 0.15) is 59.4 Å². The average Bonchev–Trinajstić information content (AvgIpc) is 2.74. The Labute approximate surface area is 154 Å². The second-order valence-corrected chi connectivity index (χ2v) is 7.56. The molecular formula is C19H27BF2O4. The molecule has 0 saturated carbocycles. The molecule has 2 rings (SSSR count). The molecule has 1 saturated heterocycles. The van der Waals surface area contributed by atoms with Gasteiger partial charge >= 0.3 is 13.1 Å². The van der Waals surface area contributed by atoms with Gasteiger partial charge in [0.1, 0.15) is 11.6 Å². The number of halogens is 2. The van der Waals surface area contributed by atoms with Crippen molar-refractivity contribution in [1.82, 2.24) is 0 Å². The third-order valence-corrected chi connectivity index (χ3v) is 5.05. The first-order chi connectivity index (χ1) is 12.1. The van der Waals surface area contributed by atoms with Crippen molar-refractivity contribution < 1.29 is 27.6 Å². The lowest BCUT2D eigenvalue weighted by molar-refractivity contribution is -0.143. The molecule has 0 aromatic heterocycles. The first-order valence-corrected chi connectivity index (χ1v) is 9.06. The van der Waals surface area contributed by atoms with Crippen molar-refractivity contribution in [1.29, 1.82) is 0 Å². The number of benzene rings is 1. The zero-order chi connectivity index (χ0) is 19.5. The summed E-state index contributed by atoms with van der Waals surface area (Å²) in [6.45, 7) is 9.62. The lowest BCUT2D eigenvalue weighted by Gasteiger charge is -2.32. The lowest BCUT2D eigenvalue weighted by atomic mass is 9.78. The minimum atomic E-state index is -0.804. The zero-order valence-electron chi connectivity index (χ0n) is 16.2. The molecule has 0 spiro atoms. The van der Waals surface area contributed by atoms with Crippen molar-refractivity contribution in [2.75, 3.05) is 6.61 Å². The maximum absolute atomic E-state index is 14.4. The van der Waals surface area contributed by atoms with Crippen LogP contribution in [-0.4, -0.2) is 30.9 Å². The standard InChI is InChI=1S/C19H27BF2O4/c1-6-24-17(23)10-8-7-9-14-15(21)11-13(12-16(14)22)20-25-18(2,3)19(4,5)26-20/h11-12H,6-10H2,1-5H3. The van der Waals surface area contributed by atoms with E-state index in [1.54, 1.807) is 6.92 Å². The van der Waals surface area contributed by atoms with Crippen molar-refractivity contribution in [3.8, 4) is 0 Å². The topological polar surface area (TPSA) is 44.8 Å². The molecule has 1 aromatic rings. The molecular weight excluding hydrogens is 341 g/mol. The van der Waals surface area contributed by atoms with Gasteiger partial charge in [0.05, 0.1) is 17.8 Å². The van der Waals surface area contributed by atoms with Gasteiger partial charge in [0.15, 0.2) is 0 Å². The number of hydrogen-bond acceptors (Lipinski definition) is 4. The summed E-state index contributed by atoms with van der Waals surface area (Å²) in [6, 6.07) is 2.54. The summed E-state index contributed by atoms with van der Waals surface area (Å²) < 4.78 is 45.3. The molecule has 0 unspecified atom stereocenters. The maximum Gasteiger partial charge on any atom is 0.495 e. The molecule has 1 aliphatic rings. The largest absolute Gasteiger partial charge is 0.495 e. The molecule has 1 heterocycles. The number of esters is 1. The van der Waals surface area contributed by atoms with E-state index in [0.717, 1.165) is 0 Å². The third kappa shape index (κ3) is 4.63. The summed E-state index contributed by atoms with van der Waals surface area (Å²) in [5.74, 6) is -1.53. The van der Waals surface area contributed by atoms with Crippen LogP contribution in [0.2, 0.25) is 0 Å². The van der Waals surface area contributed by atoms with E-state index in [-0.39, 0.29) is 24.4 Å². The molecule has 0 N–H and O–H groups in total. The van der Waals surface area contributed by atoms with E-state index >= 15 is 0 Å². The average molecular weight is 368 g/mol. The highest BCUT2D eigenvalue weighted by atomic mass is 19.1. The monoisotopic (exact) mass is 368 g/mol. The van der Waals surface area contributed by atoms with E-state index in [1.807, 2.05) is 27.7 Å². The highest BCUT2D eigenvalue weighted by Gasteiger charge is 2.51. The van der Waals surface area contributed by atoms with Gasteiger partial charge in [0, 0.05) is 12.0 Å². The summed E-state index contributed by atoms with van der Waals surface area (Å²) in [5.41, 5.74) is -0.796. The van der Waals surface area contributed by atoms with Gasteiger partial charge in [-0.25, -0.2) is 8.78 Å². The number of hydrogen-bond donors (Lipinski definition) is 0. The van der Waals surface area contributed by atoms with E-state index in [4.69, 9.17) is 14.0 Å². The Morgan fingerprint density at radius 2 is 1.62 bits per heavy atom. The second kappa shape index (κ2) is 8.05. The number of carbonyl (C=O) groups is 1. The quantitative estimate of drug-likeness (QED) is 0.420. The predicted octanol–water partition coefficient (Wildman–Crippen LogP) is 3.54. The van der Waals surface area contributed by atoms with Crippen LogP contribution in [-0.2, 0) is 25.3 Å². The third-order valence-electron chi connectivity index (χ3n) is 5.05. The van der Waals surface area contributed by atoms with Crippen LogP contribution in [0, 0.1) is 11.6 Å². The van der Waals surface area contributed by atoms with Crippen molar-refractivity contribution in [3.63, 3.8) is 0 Å². The number of unbranched alkanes of at least 4 members (excludes halogenated alkanes) is 1. The molecule has 0 radical (unpaired) electrons. The molecule has 0 aliphatic carbocycles. The first-order valence-electron chi connectivity index (χ1n) is 9.06. The van der Waals surface area contributed by atoms with E-state index in [2.05, 4.69) is 0 Å². The molecule has 26 heavy (non-hydrogen) atoms. The fourth-order valence-corrected chi connectivity index (χ4v) is 2.78. The highest BCUT2D eigenvalue weighted by molar-refractivity contribution is 6.62. The molecule has 1 aliphatic heterocycles. The van der Waals surface area contributed by atoms with Crippen LogP contribution in [0.25, 0.3) is 0 Å². The van der Waals surface area contributed by atoms with E-state index in [9.17, 15) is 13.6 Å². The molecule has 7 heteroatoms. The van der Waals surface area contributed by atoms with Crippen molar-refractivity contribution in [2.24, 2.45) is 0 Å². The van der Waals surface area contributed by atoms with Crippen LogP contribution < -0.4 is 5.46 Å². The Kier molecular flexibility index (Phi) is 6.45. The predicted molar refractivity (Wildman–Crippen MR) is 96.3 cm³/mol. The van der Waals surface area contributed by atoms with Gasteiger partial charge in [-0.15, -0.1) is 0 Å². The van der Waals surface area contributed by atoms with Crippen molar-refractivity contribution in [2.45, 2.75) is 71.5 Å². The molecule has 144 valence electrons. The highest BCUT2D eigenvalue weighted by Crippen LogP contribution is 2.36. The van der Waals surface area contributed by atoms with Crippen LogP contribution >= 0.6 is 0 Å². The Hall–Kier alpha value is -1.47. The Balaban J connectivity index is 2.01. The van der Waals surface area contributed by atoms with Gasteiger partial charge in [-0.3, -0.25) is 4.79 Å². The minimum Gasteiger partial charge on any atom is -0.466 e. The van der Waals surface area contributed by atoms with Gasteiger partial charge in [-0.1, -0.05) is 0 Å². The Morgan fingerprint density at radius 1 is 1.08 bits per heavy atom. The zero-order valence-corrected chi connectivity index (χ0v) is 16.2. The molecule has 1 fully saturated rings. The molecule has 0 amide bonds. The van der Waals surface area contributed by atoms with E-state index in [1.165, 1.54) is 12.1 Å². The van der Waals surface area contributed by atoms with Crippen molar-refractivity contribution >= 4 is 18.6 Å². The van der Waals surface area contributed by atoms with Gasteiger partial charge in [-0.2, -0.15) is 0 Å². The van der Waals surface area contributed by atoms with Gasteiger partial charge in [-0.05, 0) is 71.5 Å². The van der Waals surface area contributed by atoms with Gasteiger partial charge in [0.2, 0.25) is 0 Å². The smallest absolute Gasteiger partial charge is 0.466 e. The fraction of sp³-hybridized carbons (Fsp3) is 0.632. The van der Waals surface area contributed by atoms with Crippen LogP contribution in [0.3, 0.4) is 0 Å². The molecule has 0 atom stereocenters. The normalized spacial score (nSPS) is 18.2. The van der Waals surface area contributed by atoms with Crippen LogP contribution in [0.5, 0.6) is 0 Å². The molecule has 4 nitrogen and oxygen atoms in total. The molecule has 1 aromatic carbocycles. The SMILES string of the molecule is CCOC(=O)CCCCc1c(F)cc(B2OC(C)(C)C(C)(C)O2)cc1F. The summed E-state index contributed by atoms with van der Waals surface area (Å²) in [5, 5.41) is 0. The Bertz CT molecular complexity index is 622. The summed E-state index contributed by atoms with van der Waals surface area (Å²) in [4.78, 5) is 11.3. The molecule has 0 bridgehead atoms. The number of rotatable bonds is 7.